The minimum atomic E-state index is -0.847. The van der Waals surface area contributed by atoms with Crippen LogP contribution >= 0.6 is 15.8 Å². The number of hydrogen-bond acceptors (Lipinski definition) is 0. The summed E-state index contributed by atoms with van der Waals surface area (Å²) in [4.78, 5) is 0. The zero-order chi connectivity index (χ0) is 45.4. The van der Waals surface area contributed by atoms with E-state index >= 15 is 0 Å². The van der Waals surface area contributed by atoms with Crippen molar-refractivity contribution in [3.8, 4) is 11.8 Å². The topological polar surface area (TPSA) is 0 Å². The first-order valence-electron chi connectivity index (χ1n) is 22.6. The zero-order valence-corrected chi connectivity index (χ0v) is 42.5. The molecule has 0 saturated carbocycles. The summed E-state index contributed by atoms with van der Waals surface area (Å²) in [5.74, 6) is 6.40. The molecule has 0 radical (unpaired) electrons. The summed E-state index contributed by atoms with van der Waals surface area (Å²) in [7, 11) is -1.69. The van der Waals surface area contributed by atoms with Gasteiger partial charge < -0.3 is 12.8 Å². The molecule has 0 atom stereocenters. The Labute approximate surface area is 439 Å². The minimum absolute atomic E-state index is 0. The van der Waals surface area contributed by atoms with Gasteiger partial charge in [0.25, 0.3) is 0 Å². The Morgan fingerprint density at radius 2 is 0.522 bits per heavy atom. The van der Waals surface area contributed by atoms with E-state index < -0.39 is 15.8 Å². The molecule has 0 heterocycles. The molecule has 12 aromatic rings. The standard InChI is InChI=1S/C25H22P2.2C20H11.2Ag/c1-5-13-22(14-6-1)26(23-15-7-2-8-16-23)21-27(24-17-9-3-10-18-24)25-19-11-4-12-20-25;2*1-2-14-13-20-17-9-4-3-7-15(17)11-12-19(20)18-10-6-5-8-16(14)18;;/h1-20H,21H2;2*3-13H;;/q;2*-1;2*+1/p+2. The third-order valence-electron chi connectivity index (χ3n) is 12.6. The van der Waals surface area contributed by atoms with E-state index in [1.807, 2.05) is 24.3 Å². The van der Waals surface area contributed by atoms with Gasteiger partial charge in [-0.25, -0.2) is 0 Å². The summed E-state index contributed by atoms with van der Waals surface area (Å²) >= 11 is 0. The molecule has 0 unspecified atom stereocenters. The van der Waals surface area contributed by atoms with Crippen molar-refractivity contribution in [2.24, 2.45) is 0 Å². The molecular formula is C65H46Ag2P2+2. The van der Waals surface area contributed by atoms with Crippen LogP contribution in [-0.2, 0) is 44.8 Å². The van der Waals surface area contributed by atoms with Gasteiger partial charge in [-0.1, -0.05) is 205 Å². The van der Waals surface area contributed by atoms with Crippen LogP contribution in [-0.4, -0.2) is 5.90 Å². The van der Waals surface area contributed by atoms with Crippen LogP contribution in [0.1, 0.15) is 11.1 Å². The molecule has 0 bridgehead atoms. The summed E-state index contributed by atoms with van der Waals surface area (Å²) in [6.07, 6.45) is 15.1. The first-order chi connectivity index (χ1) is 33.2. The predicted molar refractivity (Wildman–Crippen MR) is 296 cm³/mol. The monoisotopic (exact) mass is 1100 g/mol. The molecule has 0 amide bonds. The van der Waals surface area contributed by atoms with Gasteiger partial charge in [-0.05, 0) is 102 Å². The summed E-state index contributed by atoms with van der Waals surface area (Å²) in [6, 6.07) is 90.5. The summed E-state index contributed by atoms with van der Waals surface area (Å²) in [5, 5.41) is 20.3. The smallest absolute Gasteiger partial charge is 0.366 e. The van der Waals surface area contributed by atoms with Gasteiger partial charge in [0.15, 0.2) is 5.90 Å². The number of fused-ring (bicyclic) bond motifs is 10. The van der Waals surface area contributed by atoms with Crippen LogP contribution in [0.15, 0.2) is 255 Å². The van der Waals surface area contributed by atoms with Crippen LogP contribution in [0.5, 0.6) is 0 Å². The molecule has 336 valence electrons. The van der Waals surface area contributed by atoms with Crippen molar-refractivity contribution in [3.63, 3.8) is 0 Å². The van der Waals surface area contributed by atoms with E-state index in [2.05, 4.69) is 242 Å². The van der Waals surface area contributed by atoms with E-state index in [0.29, 0.717) is 0 Å². The SMILES string of the molecule is [Ag+].[Ag+].[C-]#Cc1cc2c3ccccc3ccc2c2ccccc12.[C-]#Cc1cc2c3ccccc3ccc2c2ccccc12.c1ccc([PH+](C[PH+](c2ccccc2)c2ccccc2)c2ccccc2)cc1. The average molecular weight is 1100 g/mol. The molecule has 0 aromatic heterocycles. The van der Waals surface area contributed by atoms with Crippen LogP contribution < -0.4 is 21.2 Å². The van der Waals surface area contributed by atoms with Gasteiger partial charge in [0.2, 0.25) is 0 Å². The van der Waals surface area contributed by atoms with Crippen molar-refractivity contribution in [1.82, 2.24) is 0 Å². The van der Waals surface area contributed by atoms with Gasteiger partial charge in [-0.15, -0.1) is 23.3 Å². The van der Waals surface area contributed by atoms with Crippen molar-refractivity contribution in [2.45, 2.75) is 0 Å². The molecule has 0 aliphatic heterocycles. The fourth-order valence-corrected chi connectivity index (χ4v) is 17.1. The Kier molecular flexibility index (Phi) is 16.6. The zero-order valence-electron chi connectivity index (χ0n) is 37.6. The van der Waals surface area contributed by atoms with Crippen molar-refractivity contribution >= 4 is 102 Å². The van der Waals surface area contributed by atoms with Crippen LogP contribution in [0.4, 0.5) is 0 Å². The van der Waals surface area contributed by atoms with Crippen LogP contribution in [0.2, 0.25) is 0 Å². The molecule has 12 rings (SSSR count). The molecular weight excluding hydrogens is 1060 g/mol. The van der Waals surface area contributed by atoms with Crippen molar-refractivity contribution in [2.75, 3.05) is 5.90 Å². The van der Waals surface area contributed by atoms with E-state index in [1.54, 1.807) is 0 Å². The molecule has 0 fully saturated rings. The normalized spacial score (nSPS) is 10.7. The maximum absolute atomic E-state index is 7.56. The Morgan fingerprint density at radius 3 is 0.841 bits per heavy atom. The summed E-state index contributed by atoms with van der Waals surface area (Å²) < 4.78 is 0. The van der Waals surface area contributed by atoms with E-state index in [-0.39, 0.29) is 44.8 Å². The van der Waals surface area contributed by atoms with Crippen LogP contribution in [0.25, 0.3) is 64.6 Å². The number of rotatable bonds is 6. The molecule has 0 saturated heterocycles. The molecule has 4 heteroatoms. The maximum Gasteiger partial charge on any atom is 1.00 e. The van der Waals surface area contributed by atoms with Gasteiger partial charge in [-0.3, -0.25) is 11.8 Å². The first-order valence-corrected chi connectivity index (χ1v) is 26.0. The Balaban J connectivity index is 0.000000140. The van der Waals surface area contributed by atoms with Gasteiger partial charge in [0.05, 0.1) is 0 Å². The molecule has 0 aliphatic rings. The van der Waals surface area contributed by atoms with E-state index in [9.17, 15) is 0 Å². The van der Waals surface area contributed by atoms with E-state index in [4.69, 9.17) is 12.8 Å². The van der Waals surface area contributed by atoms with Crippen LogP contribution in [0, 0.1) is 24.7 Å². The van der Waals surface area contributed by atoms with Gasteiger partial charge in [0.1, 0.15) is 37.1 Å². The molecule has 0 spiro atoms. The van der Waals surface area contributed by atoms with E-state index in [0.717, 1.165) is 21.9 Å². The molecule has 0 nitrogen and oxygen atoms in total. The fraction of sp³-hybridized carbons (Fsp3) is 0.0154. The Bertz CT molecular complexity index is 3420. The Hall–Kier alpha value is -6.34. The second-order valence-corrected chi connectivity index (χ2v) is 22.2. The minimum Gasteiger partial charge on any atom is -0.366 e. The summed E-state index contributed by atoms with van der Waals surface area (Å²) in [6.45, 7) is 0. The third kappa shape index (κ3) is 10.6. The van der Waals surface area contributed by atoms with Crippen molar-refractivity contribution in [3.05, 3.63) is 279 Å². The second kappa shape index (κ2) is 23.3. The predicted octanol–water partition coefficient (Wildman–Crippen LogP) is 14.8. The molecule has 69 heavy (non-hydrogen) atoms. The molecule has 0 N–H and O–H groups in total. The maximum atomic E-state index is 7.56. The quantitative estimate of drug-likeness (QED) is 0.0512. The van der Waals surface area contributed by atoms with Gasteiger partial charge in [0, 0.05) is 0 Å². The first kappa shape index (κ1) is 49.1. The summed E-state index contributed by atoms with van der Waals surface area (Å²) in [5.41, 5.74) is 1.70. The van der Waals surface area contributed by atoms with Gasteiger partial charge >= 0.3 is 44.8 Å². The van der Waals surface area contributed by atoms with Crippen molar-refractivity contribution < 1.29 is 44.8 Å². The second-order valence-electron chi connectivity index (χ2n) is 16.6. The average Bonchev–Trinajstić information content (AvgIpc) is 3.41. The van der Waals surface area contributed by atoms with E-state index in [1.165, 1.54) is 81.0 Å². The number of hydrogen-bond donors (Lipinski definition) is 0. The molecule has 0 aliphatic carbocycles. The Morgan fingerprint density at radius 1 is 0.261 bits per heavy atom. The van der Waals surface area contributed by atoms with Gasteiger partial charge in [-0.2, -0.15) is 0 Å². The van der Waals surface area contributed by atoms with Crippen LogP contribution in [0.3, 0.4) is 0 Å². The molecule has 12 aromatic carbocycles. The number of benzene rings is 12. The largest absolute Gasteiger partial charge is 1.00 e. The van der Waals surface area contributed by atoms with Crippen molar-refractivity contribution in [1.29, 1.82) is 0 Å². The fourth-order valence-electron chi connectivity index (χ4n) is 9.40. The third-order valence-corrected chi connectivity index (χ3v) is 19.6.